The van der Waals surface area contributed by atoms with Crippen molar-refractivity contribution in [2.75, 3.05) is 45.4 Å². The van der Waals surface area contributed by atoms with Crippen LogP contribution in [0, 0.1) is 0 Å². The summed E-state index contributed by atoms with van der Waals surface area (Å²) in [5.74, 6) is -0.443. The van der Waals surface area contributed by atoms with Crippen molar-refractivity contribution in [2.24, 2.45) is 0 Å². The molecule has 1 heterocycles. The summed E-state index contributed by atoms with van der Waals surface area (Å²) in [6.07, 6.45) is 0. The van der Waals surface area contributed by atoms with Crippen LogP contribution in [0.4, 0.5) is 5.69 Å². The molecule has 6 nitrogen and oxygen atoms in total. The number of benzene rings is 1. The molecule has 1 aromatic carbocycles. The molecular formula is C15H20N2O4. The van der Waals surface area contributed by atoms with E-state index in [1.165, 1.54) is 7.11 Å². The van der Waals surface area contributed by atoms with Crippen molar-refractivity contribution in [1.29, 1.82) is 0 Å². The minimum atomic E-state index is -0.517. The van der Waals surface area contributed by atoms with Crippen LogP contribution in [0.15, 0.2) is 30.3 Å². The second-order valence-corrected chi connectivity index (χ2v) is 4.87. The Hall–Kier alpha value is -1.92. The van der Waals surface area contributed by atoms with Gasteiger partial charge in [-0.15, -0.1) is 0 Å². The molecule has 0 bridgehead atoms. The number of methoxy groups -OCH3 is 1. The number of nitrogens with zero attached hydrogens (tertiary/aromatic N) is 2. The first-order valence-electron chi connectivity index (χ1n) is 6.84. The van der Waals surface area contributed by atoms with Crippen LogP contribution in [-0.4, -0.2) is 63.3 Å². The fourth-order valence-electron chi connectivity index (χ4n) is 2.26. The molecule has 1 fully saturated rings. The molecule has 1 aliphatic heterocycles. The van der Waals surface area contributed by atoms with Crippen LogP contribution in [0.5, 0.6) is 0 Å². The number of hydrogen-bond donors (Lipinski definition) is 0. The fraction of sp³-hybridized carbons (Fsp3) is 0.467. The fourth-order valence-corrected chi connectivity index (χ4v) is 2.26. The van der Waals surface area contributed by atoms with Gasteiger partial charge in [0.1, 0.15) is 6.04 Å². The van der Waals surface area contributed by atoms with Gasteiger partial charge in [-0.05, 0) is 12.1 Å². The van der Waals surface area contributed by atoms with Crippen molar-refractivity contribution in [2.45, 2.75) is 6.04 Å². The molecule has 1 saturated heterocycles. The summed E-state index contributed by atoms with van der Waals surface area (Å²) in [5.41, 5.74) is 0.824. The quantitative estimate of drug-likeness (QED) is 0.757. The van der Waals surface area contributed by atoms with Crippen molar-refractivity contribution >= 4 is 17.6 Å². The largest absolute Gasteiger partial charge is 0.468 e. The molecule has 114 valence electrons. The predicted octanol–water partition coefficient (Wildman–Crippen LogP) is 0.523. The minimum absolute atomic E-state index is 0.0722. The van der Waals surface area contributed by atoms with E-state index in [0.29, 0.717) is 13.2 Å². The molecule has 1 unspecified atom stereocenters. The average Bonchev–Trinajstić information content (AvgIpc) is 2.54. The van der Waals surface area contributed by atoms with Crippen LogP contribution in [0.1, 0.15) is 0 Å². The van der Waals surface area contributed by atoms with Crippen molar-refractivity contribution < 1.29 is 19.1 Å². The van der Waals surface area contributed by atoms with Crippen LogP contribution in [0.2, 0.25) is 0 Å². The molecule has 21 heavy (non-hydrogen) atoms. The number of amides is 1. The molecule has 1 aliphatic rings. The Morgan fingerprint density at radius 2 is 2.10 bits per heavy atom. The van der Waals surface area contributed by atoms with E-state index in [0.717, 1.165) is 5.69 Å². The highest BCUT2D eigenvalue weighted by Gasteiger charge is 2.32. The SMILES string of the molecule is COC(=O)C1COCCN1CC(=O)N(C)c1ccccc1. The molecule has 6 heteroatoms. The number of likely N-dealkylation sites (N-methyl/N-ethyl adjacent to an activating group) is 1. The van der Waals surface area contributed by atoms with Crippen molar-refractivity contribution in [1.82, 2.24) is 4.90 Å². The predicted molar refractivity (Wildman–Crippen MR) is 78.0 cm³/mol. The first-order chi connectivity index (χ1) is 10.1. The number of ether oxygens (including phenoxy) is 2. The number of para-hydroxylation sites is 1. The Morgan fingerprint density at radius 1 is 1.38 bits per heavy atom. The lowest BCUT2D eigenvalue weighted by Crippen LogP contribution is -2.53. The highest BCUT2D eigenvalue weighted by Crippen LogP contribution is 2.13. The highest BCUT2D eigenvalue weighted by atomic mass is 16.5. The van der Waals surface area contributed by atoms with E-state index < -0.39 is 6.04 Å². The van der Waals surface area contributed by atoms with E-state index in [2.05, 4.69) is 0 Å². The van der Waals surface area contributed by atoms with Gasteiger partial charge in [-0.3, -0.25) is 14.5 Å². The maximum atomic E-state index is 12.4. The highest BCUT2D eigenvalue weighted by molar-refractivity contribution is 5.94. The van der Waals surface area contributed by atoms with E-state index in [1.54, 1.807) is 16.8 Å². The standard InChI is InChI=1S/C15H20N2O4/c1-16(12-6-4-3-5-7-12)14(18)10-17-8-9-21-11-13(17)15(19)20-2/h3-7,13H,8-11H2,1-2H3. The van der Waals surface area contributed by atoms with Crippen LogP contribution in [-0.2, 0) is 19.1 Å². The Labute approximate surface area is 124 Å². The number of anilines is 1. The first-order valence-corrected chi connectivity index (χ1v) is 6.84. The topological polar surface area (TPSA) is 59.1 Å². The summed E-state index contributed by atoms with van der Waals surface area (Å²) < 4.78 is 10.1. The average molecular weight is 292 g/mol. The summed E-state index contributed by atoms with van der Waals surface area (Å²) in [6, 6.07) is 8.88. The maximum absolute atomic E-state index is 12.4. The van der Waals surface area contributed by atoms with E-state index in [9.17, 15) is 9.59 Å². The van der Waals surface area contributed by atoms with Gasteiger partial charge < -0.3 is 14.4 Å². The van der Waals surface area contributed by atoms with Crippen LogP contribution in [0.3, 0.4) is 0 Å². The summed E-state index contributed by atoms with van der Waals surface area (Å²) in [6.45, 7) is 1.47. The number of rotatable bonds is 4. The zero-order valence-electron chi connectivity index (χ0n) is 12.3. The van der Waals surface area contributed by atoms with Gasteiger partial charge in [-0.25, -0.2) is 0 Å². The monoisotopic (exact) mass is 292 g/mol. The van der Waals surface area contributed by atoms with Gasteiger partial charge in [-0.1, -0.05) is 18.2 Å². The Balaban J connectivity index is 2.01. The molecule has 1 atom stereocenters. The third-order valence-electron chi connectivity index (χ3n) is 3.57. The third kappa shape index (κ3) is 3.80. The molecule has 1 amide bonds. The maximum Gasteiger partial charge on any atom is 0.325 e. The van der Waals surface area contributed by atoms with E-state index >= 15 is 0 Å². The van der Waals surface area contributed by atoms with Crippen molar-refractivity contribution in [3.8, 4) is 0 Å². The van der Waals surface area contributed by atoms with E-state index in [-0.39, 0.29) is 25.0 Å². The Kier molecular flexibility index (Phi) is 5.30. The van der Waals surface area contributed by atoms with Gasteiger partial charge in [0.05, 0.1) is 26.9 Å². The van der Waals surface area contributed by atoms with Gasteiger partial charge in [-0.2, -0.15) is 0 Å². The zero-order chi connectivity index (χ0) is 15.2. The Bertz CT molecular complexity index is 492. The van der Waals surface area contributed by atoms with Gasteiger partial charge in [0.2, 0.25) is 5.91 Å². The van der Waals surface area contributed by atoms with Crippen LogP contribution < -0.4 is 4.90 Å². The normalized spacial score (nSPS) is 19.0. The van der Waals surface area contributed by atoms with Crippen LogP contribution in [0.25, 0.3) is 0 Å². The van der Waals surface area contributed by atoms with Gasteiger partial charge in [0.15, 0.2) is 0 Å². The molecular weight excluding hydrogens is 272 g/mol. The molecule has 0 spiro atoms. The molecule has 0 aliphatic carbocycles. The molecule has 0 aromatic heterocycles. The number of carbonyl (C=O) groups excluding carboxylic acids is 2. The van der Waals surface area contributed by atoms with Crippen LogP contribution >= 0.6 is 0 Å². The van der Waals surface area contributed by atoms with Crippen molar-refractivity contribution in [3.05, 3.63) is 30.3 Å². The summed E-state index contributed by atoms with van der Waals surface area (Å²) in [4.78, 5) is 27.5. The number of hydrogen-bond acceptors (Lipinski definition) is 5. The summed E-state index contributed by atoms with van der Waals surface area (Å²) in [5, 5.41) is 0. The second kappa shape index (κ2) is 7.19. The number of esters is 1. The number of morpholine rings is 1. The lowest BCUT2D eigenvalue weighted by molar-refractivity contribution is -0.153. The number of carbonyl (C=O) groups is 2. The molecule has 0 radical (unpaired) electrons. The molecule has 0 saturated carbocycles. The van der Waals surface area contributed by atoms with E-state index in [4.69, 9.17) is 9.47 Å². The minimum Gasteiger partial charge on any atom is -0.468 e. The van der Waals surface area contributed by atoms with Crippen molar-refractivity contribution in [3.63, 3.8) is 0 Å². The van der Waals surface area contributed by atoms with E-state index in [1.807, 2.05) is 30.3 Å². The smallest absolute Gasteiger partial charge is 0.325 e. The first kappa shape index (κ1) is 15.5. The molecule has 1 aromatic rings. The molecule has 2 rings (SSSR count). The molecule has 0 N–H and O–H groups in total. The lowest BCUT2D eigenvalue weighted by atomic mass is 10.2. The third-order valence-corrected chi connectivity index (χ3v) is 3.57. The lowest BCUT2D eigenvalue weighted by Gasteiger charge is -2.34. The second-order valence-electron chi connectivity index (χ2n) is 4.87. The summed E-state index contributed by atoms with van der Waals surface area (Å²) in [7, 11) is 3.07. The Morgan fingerprint density at radius 3 is 2.76 bits per heavy atom. The van der Waals surface area contributed by atoms with Gasteiger partial charge in [0.25, 0.3) is 0 Å². The summed E-state index contributed by atoms with van der Waals surface area (Å²) >= 11 is 0. The van der Waals surface area contributed by atoms with Gasteiger partial charge >= 0.3 is 5.97 Å². The van der Waals surface area contributed by atoms with Gasteiger partial charge in [0, 0.05) is 19.3 Å². The zero-order valence-corrected chi connectivity index (χ0v) is 12.3.